The second kappa shape index (κ2) is 6.58. The summed E-state index contributed by atoms with van der Waals surface area (Å²) in [5.41, 5.74) is -0.359. The largest absolute Gasteiger partial charge is 0.493 e. The van der Waals surface area contributed by atoms with Crippen LogP contribution in [0, 0.1) is 10.1 Å². The zero-order chi connectivity index (χ0) is 14.4. The van der Waals surface area contributed by atoms with Crippen molar-refractivity contribution in [1.29, 1.82) is 0 Å². The summed E-state index contributed by atoms with van der Waals surface area (Å²) >= 11 is 0. The van der Waals surface area contributed by atoms with Crippen molar-refractivity contribution in [3.8, 4) is 11.5 Å². The Labute approximate surface area is 110 Å². The van der Waals surface area contributed by atoms with Gasteiger partial charge in [0.1, 0.15) is 5.56 Å². The van der Waals surface area contributed by atoms with E-state index in [1.165, 1.54) is 19.2 Å². The summed E-state index contributed by atoms with van der Waals surface area (Å²) in [5.74, 6) is 0.0104. The number of rotatable bonds is 6. The lowest BCUT2D eigenvalue weighted by Gasteiger charge is -2.11. The Morgan fingerprint density at radius 1 is 1.37 bits per heavy atom. The molecule has 0 saturated carbocycles. The number of nitrogens with one attached hydrogen (secondary N) is 1. The number of methoxy groups -OCH3 is 1. The van der Waals surface area contributed by atoms with Gasteiger partial charge in [-0.1, -0.05) is 0 Å². The molecule has 1 aromatic rings. The van der Waals surface area contributed by atoms with E-state index in [1.807, 2.05) is 0 Å². The van der Waals surface area contributed by atoms with Crippen molar-refractivity contribution >= 4 is 11.6 Å². The summed E-state index contributed by atoms with van der Waals surface area (Å²) in [6.45, 7) is 4.25. The Morgan fingerprint density at radius 2 is 2.05 bits per heavy atom. The van der Waals surface area contributed by atoms with Crippen LogP contribution in [0.4, 0.5) is 5.69 Å². The second-order valence-electron chi connectivity index (χ2n) is 3.57. The van der Waals surface area contributed by atoms with Crippen molar-refractivity contribution in [3.63, 3.8) is 0 Å². The molecular weight excluding hydrogens is 252 g/mol. The summed E-state index contributed by atoms with van der Waals surface area (Å²) < 4.78 is 10.3. The van der Waals surface area contributed by atoms with Crippen LogP contribution in [0.1, 0.15) is 24.2 Å². The highest BCUT2D eigenvalue weighted by atomic mass is 16.6. The fourth-order valence-corrected chi connectivity index (χ4v) is 1.57. The fraction of sp³-hybridized carbons (Fsp3) is 0.417. The normalized spacial score (nSPS) is 9.84. The standard InChI is InChI=1S/C12H16N2O5/c1-4-13-12(15)8-6-11(19-5-2)10(18-3)7-9(8)14(16)17/h6-7H,4-5H2,1-3H3,(H,13,15). The van der Waals surface area contributed by atoms with Crippen LogP contribution in [-0.2, 0) is 0 Å². The maximum atomic E-state index is 11.8. The molecule has 0 fully saturated rings. The first kappa shape index (κ1) is 14.7. The molecular formula is C12H16N2O5. The molecule has 1 amide bonds. The Hall–Kier alpha value is -2.31. The highest BCUT2D eigenvalue weighted by molar-refractivity contribution is 5.99. The molecule has 0 saturated heterocycles. The summed E-state index contributed by atoms with van der Waals surface area (Å²) in [5, 5.41) is 13.5. The molecule has 1 aromatic carbocycles. The van der Waals surface area contributed by atoms with Gasteiger partial charge in [-0.15, -0.1) is 0 Å². The van der Waals surface area contributed by atoms with Crippen LogP contribution in [0.15, 0.2) is 12.1 Å². The number of amides is 1. The van der Waals surface area contributed by atoms with Crippen molar-refractivity contribution < 1.29 is 19.2 Å². The molecule has 0 aliphatic rings. The van der Waals surface area contributed by atoms with Gasteiger partial charge in [0.2, 0.25) is 0 Å². The van der Waals surface area contributed by atoms with E-state index in [9.17, 15) is 14.9 Å². The van der Waals surface area contributed by atoms with E-state index in [2.05, 4.69) is 5.32 Å². The van der Waals surface area contributed by atoms with Crippen LogP contribution in [0.25, 0.3) is 0 Å². The SMILES string of the molecule is CCNC(=O)c1cc(OCC)c(OC)cc1[N+](=O)[O-]. The van der Waals surface area contributed by atoms with Crippen molar-refractivity contribution in [2.75, 3.05) is 20.3 Å². The third kappa shape index (κ3) is 3.34. The molecule has 0 bridgehead atoms. The highest BCUT2D eigenvalue weighted by Gasteiger charge is 2.24. The number of nitro benzene ring substituents is 1. The summed E-state index contributed by atoms with van der Waals surface area (Å²) in [6, 6.07) is 2.51. The van der Waals surface area contributed by atoms with Crippen LogP contribution in [0.2, 0.25) is 0 Å². The molecule has 0 heterocycles. The molecule has 19 heavy (non-hydrogen) atoms. The van der Waals surface area contributed by atoms with E-state index in [0.29, 0.717) is 18.9 Å². The molecule has 0 aliphatic carbocycles. The number of hydrogen-bond donors (Lipinski definition) is 1. The summed E-state index contributed by atoms with van der Waals surface area (Å²) in [6.07, 6.45) is 0. The van der Waals surface area contributed by atoms with Crippen molar-refractivity contribution in [2.45, 2.75) is 13.8 Å². The smallest absolute Gasteiger partial charge is 0.286 e. The van der Waals surface area contributed by atoms with Gasteiger partial charge in [0, 0.05) is 12.6 Å². The lowest BCUT2D eigenvalue weighted by molar-refractivity contribution is -0.385. The van der Waals surface area contributed by atoms with Gasteiger partial charge in [-0.3, -0.25) is 14.9 Å². The topological polar surface area (TPSA) is 90.7 Å². The average molecular weight is 268 g/mol. The highest BCUT2D eigenvalue weighted by Crippen LogP contribution is 2.34. The Bertz CT molecular complexity index is 487. The first-order valence-corrected chi connectivity index (χ1v) is 5.82. The predicted molar refractivity (Wildman–Crippen MR) is 68.8 cm³/mol. The van der Waals surface area contributed by atoms with Crippen LogP contribution < -0.4 is 14.8 Å². The third-order valence-corrected chi connectivity index (χ3v) is 2.36. The van der Waals surface area contributed by atoms with E-state index in [4.69, 9.17) is 9.47 Å². The van der Waals surface area contributed by atoms with E-state index in [1.54, 1.807) is 13.8 Å². The number of benzene rings is 1. The number of carbonyl (C=O) groups excluding carboxylic acids is 1. The van der Waals surface area contributed by atoms with Gasteiger partial charge in [0.15, 0.2) is 11.5 Å². The first-order valence-electron chi connectivity index (χ1n) is 5.82. The van der Waals surface area contributed by atoms with Gasteiger partial charge >= 0.3 is 0 Å². The minimum Gasteiger partial charge on any atom is -0.493 e. The number of carbonyl (C=O) groups is 1. The van der Waals surface area contributed by atoms with Gasteiger partial charge in [-0.05, 0) is 13.8 Å². The molecule has 104 valence electrons. The van der Waals surface area contributed by atoms with E-state index >= 15 is 0 Å². The van der Waals surface area contributed by atoms with E-state index in [0.717, 1.165) is 0 Å². The van der Waals surface area contributed by atoms with Gasteiger partial charge in [-0.2, -0.15) is 0 Å². The molecule has 0 aromatic heterocycles. The number of nitro groups is 1. The van der Waals surface area contributed by atoms with Gasteiger partial charge in [0.25, 0.3) is 11.6 Å². The van der Waals surface area contributed by atoms with E-state index in [-0.39, 0.29) is 17.0 Å². The zero-order valence-electron chi connectivity index (χ0n) is 11.1. The van der Waals surface area contributed by atoms with Gasteiger partial charge in [-0.25, -0.2) is 0 Å². The maximum absolute atomic E-state index is 11.8. The van der Waals surface area contributed by atoms with Gasteiger partial charge in [0.05, 0.1) is 24.7 Å². The minimum absolute atomic E-state index is 0.0453. The molecule has 0 radical (unpaired) electrons. The Morgan fingerprint density at radius 3 is 2.53 bits per heavy atom. The Kier molecular flexibility index (Phi) is 5.11. The van der Waals surface area contributed by atoms with Crippen molar-refractivity contribution in [1.82, 2.24) is 5.32 Å². The Balaban J connectivity index is 3.36. The fourth-order valence-electron chi connectivity index (χ4n) is 1.57. The van der Waals surface area contributed by atoms with Crippen molar-refractivity contribution in [3.05, 3.63) is 27.8 Å². The molecule has 7 heteroatoms. The second-order valence-corrected chi connectivity index (χ2v) is 3.57. The summed E-state index contributed by atoms with van der Waals surface area (Å²) in [4.78, 5) is 22.2. The van der Waals surface area contributed by atoms with Crippen LogP contribution in [-0.4, -0.2) is 31.1 Å². The molecule has 0 aliphatic heterocycles. The predicted octanol–water partition coefficient (Wildman–Crippen LogP) is 1.75. The number of hydrogen-bond acceptors (Lipinski definition) is 5. The van der Waals surface area contributed by atoms with Gasteiger partial charge < -0.3 is 14.8 Å². The maximum Gasteiger partial charge on any atom is 0.286 e. The molecule has 1 rings (SSSR count). The lowest BCUT2D eigenvalue weighted by atomic mass is 10.1. The lowest BCUT2D eigenvalue weighted by Crippen LogP contribution is -2.23. The van der Waals surface area contributed by atoms with Crippen LogP contribution in [0.5, 0.6) is 11.5 Å². The molecule has 7 nitrogen and oxygen atoms in total. The monoisotopic (exact) mass is 268 g/mol. The molecule has 1 N–H and O–H groups in total. The average Bonchev–Trinajstić information content (AvgIpc) is 2.38. The molecule has 0 unspecified atom stereocenters. The first-order chi connectivity index (χ1) is 9.04. The number of ether oxygens (including phenoxy) is 2. The van der Waals surface area contributed by atoms with Crippen molar-refractivity contribution in [2.24, 2.45) is 0 Å². The van der Waals surface area contributed by atoms with Crippen LogP contribution in [0.3, 0.4) is 0 Å². The zero-order valence-corrected chi connectivity index (χ0v) is 11.1. The third-order valence-electron chi connectivity index (χ3n) is 2.36. The molecule has 0 atom stereocenters. The number of nitrogens with zero attached hydrogens (tertiary/aromatic N) is 1. The quantitative estimate of drug-likeness (QED) is 0.627. The van der Waals surface area contributed by atoms with Crippen LogP contribution >= 0.6 is 0 Å². The molecule has 0 spiro atoms. The minimum atomic E-state index is -0.622. The van der Waals surface area contributed by atoms with E-state index < -0.39 is 10.8 Å². The summed E-state index contributed by atoms with van der Waals surface area (Å²) in [7, 11) is 1.38.